The van der Waals surface area contributed by atoms with Gasteiger partial charge in [-0.3, -0.25) is 0 Å². The van der Waals surface area contributed by atoms with Crippen LogP contribution in [0.4, 0.5) is 0 Å². The van der Waals surface area contributed by atoms with Crippen LogP contribution < -0.4 is 0 Å². The summed E-state index contributed by atoms with van der Waals surface area (Å²) >= 11 is 0. The Balaban J connectivity index is -0.0000000686. The van der Waals surface area contributed by atoms with E-state index in [0.717, 1.165) is 26.2 Å². The summed E-state index contributed by atoms with van der Waals surface area (Å²) in [5, 5.41) is 31.6. The maximum atomic E-state index is 8.86. The molecule has 3 saturated heterocycles. The second kappa shape index (κ2) is 42.8. The van der Waals surface area contributed by atoms with Crippen molar-refractivity contribution in [3.05, 3.63) is 0 Å². The van der Waals surface area contributed by atoms with E-state index < -0.39 is 0 Å². The highest BCUT2D eigenvalue weighted by Gasteiger charge is 2.19. The summed E-state index contributed by atoms with van der Waals surface area (Å²) in [6, 6.07) is 0. The average molecular weight is 505 g/mol. The minimum atomic E-state index is -0.269. The van der Waals surface area contributed by atoms with Crippen LogP contribution in [0.25, 0.3) is 0 Å². The van der Waals surface area contributed by atoms with E-state index in [9.17, 15) is 0 Å². The second-order valence-electron chi connectivity index (χ2n) is 6.76. The van der Waals surface area contributed by atoms with Gasteiger partial charge >= 0.3 is 0 Å². The van der Waals surface area contributed by atoms with Crippen molar-refractivity contribution in [3.8, 4) is 0 Å². The number of ether oxygens (including phenoxy) is 4. The average Bonchev–Trinajstić information content (AvgIpc) is 3.63. The fourth-order valence-electron chi connectivity index (χ4n) is 1.28. The largest absolute Gasteiger partial charge is 0.397 e. The molecule has 216 valence electrons. The molecule has 0 amide bonds. The van der Waals surface area contributed by atoms with Gasteiger partial charge in [-0.25, -0.2) is 0 Å². The summed E-state index contributed by atoms with van der Waals surface area (Å²) < 4.78 is 19.5. The molecule has 0 spiro atoms. The van der Waals surface area contributed by atoms with Gasteiger partial charge < -0.3 is 39.4 Å². The van der Waals surface area contributed by atoms with Crippen molar-refractivity contribution in [2.24, 2.45) is 0 Å². The Hall–Kier alpha value is -0.320. The molecule has 4 atom stereocenters. The van der Waals surface area contributed by atoms with Gasteiger partial charge in [-0.2, -0.15) is 0 Å². The maximum Gasteiger partial charge on any atom is 0.0807 e. The van der Waals surface area contributed by atoms with E-state index in [0.29, 0.717) is 31.5 Å². The van der Waals surface area contributed by atoms with E-state index in [1.54, 1.807) is 20.8 Å². The van der Waals surface area contributed by atoms with Crippen molar-refractivity contribution in [1.82, 2.24) is 0 Å². The zero-order chi connectivity index (χ0) is 25.6. The third-order valence-corrected chi connectivity index (χ3v) is 3.56. The predicted molar refractivity (Wildman–Crippen MR) is 145 cm³/mol. The standard InChI is InChI=1S/C6H14O2.3C4H8O.3C2H6O.2CH4/c1-3-6(7)5-8-4-2;3*1-2-4-3-5-4;3*1-2-3;;/h6-7H,3-5H2,1-2H3;3*4H,2-3H2,1H3;3*3H,2H2,1H3;2*1H4. The molecule has 0 aromatic rings. The first-order chi connectivity index (χ1) is 15.3. The fourth-order valence-corrected chi connectivity index (χ4v) is 1.28. The van der Waals surface area contributed by atoms with Crippen LogP contribution in [0.2, 0.25) is 0 Å². The van der Waals surface area contributed by atoms with Gasteiger partial charge in [-0.05, 0) is 53.4 Å². The molecule has 4 N–H and O–H groups in total. The molecule has 3 fully saturated rings. The lowest BCUT2D eigenvalue weighted by atomic mass is 10.3. The van der Waals surface area contributed by atoms with Crippen LogP contribution in [-0.2, 0) is 18.9 Å². The van der Waals surface area contributed by atoms with E-state index in [2.05, 4.69) is 20.8 Å². The molecule has 0 radical (unpaired) electrons. The Morgan fingerprint density at radius 1 is 0.647 bits per heavy atom. The Bertz CT molecular complexity index is 251. The molecule has 0 saturated carbocycles. The van der Waals surface area contributed by atoms with Crippen molar-refractivity contribution >= 4 is 0 Å². The Kier molecular flexibility index (Phi) is 59.1. The summed E-state index contributed by atoms with van der Waals surface area (Å²) in [5.41, 5.74) is 0. The third-order valence-electron chi connectivity index (χ3n) is 3.56. The summed E-state index contributed by atoms with van der Waals surface area (Å²) in [5.74, 6) is 0. The summed E-state index contributed by atoms with van der Waals surface area (Å²) in [7, 11) is 0. The number of rotatable bonds is 7. The minimum Gasteiger partial charge on any atom is -0.397 e. The van der Waals surface area contributed by atoms with Crippen molar-refractivity contribution < 1.29 is 39.4 Å². The molecule has 0 aliphatic carbocycles. The van der Waals surface area contributed by atoms with Crippen LogP contribution >= 0.6 is 0 Å². The first kappa shape index (κ1) is 46.9. The van der Waals surface area contributed by atoms with Gasteiger partial charge in [0.2, 0.25) is 0 Å². The molecule has 3 heterocycles. The van der Waals surface area contributed by atoms with Gasteiger partial charge in [0.25, 0.3) is 0 Å². The minimum absolute atomic E-state index is 0. The van der Waals surface area contributed by atoms with Crippen LogP contribution in [0.15, 0.2) is 0 Å². The lowest BCUT2D eigenvalue weighted by Gasteiger charge is -2.05. The third kappa shape index (κ3) is 69.7. The molecule has 3 aliphatic heterocycles. The number of hydrogen-bond donors (Lipinski definition) is 4. The van der Waals surface area contributed by atoms with Crippen molar-refractivity contribution in [1.29, 1.82) is 0 Å². The molecule has 3 rings (SSSR count). The highest BCUT2D eigenvalue weighted by Crippen LogP contribution is 2.11. The van der Waals surface area contributed by atoms with Crippen molar-refractivity contribution in [2.75, 3.05) is 52.9 Å². The first-order valence-corrected chi connectivity index (χ1v) is 12.3. The van der Waals surface area contributed by atoms with Crippen molar-refractivity contribution in [2.45, 2.75) is 120 Å². The van der Waals surface area contributed by atoms with Crippen LogP contribution in [0, 0.1) is 0 Å². The highest BCUT2D eigenvalue weighted by molar-refractivity contribution is 4.65. The monoisotopic (exact) mass is 504 g/mol. The Labute approximate surface area is 213 Å². The van der Waals surface area contributed by atoms with E-state index >= 15 is 0 Å². The van der Waals surface area contributed by atoms with Crippen LogP contribution in [0.1, 0.15) is 95.9 Å². The van der Waals surface area contributed by atoms with E-state index in [1.165, 1.54) is 19.3 Å². The topological polar surface area (TPSA) is 128 Å². The quantitative estimate of drug-likeness (QED) is 0.375. The smallest absolute Gasteiger partial charge is 0.0807 e. The molecule has 4 unspecified atom stereocenters. The molecule has 0 aromatic carbocycles. The number of aliphatic hydroxyl groups excluding tert-OH is 4. The van der Waals surface area contributed by atoms with Crippen LogP contribution in [0.3, 0.4) is 0 Å². The molecule has 8 nitrogen and oxygen atoms in total. The molecular weight excluding hydrogens is 440 g/mol. The number of hydrogen-bond acceptors (Lipinski definition) is 8. The number of epoxide rings is 3. The molecule has 3 aliphatic rings. The van der Waals surface area contributed by atoms with Gasteiger partial charge in [-0.1, -0.05) is 42.5 Å². The van der Waals surface area contributed by atoms with E-state index in [-0.39, 0.29) is 40.8 Å². The summed E-state index contributed by atoms with van der Waals surface area (Å²) in [4.78, 5) is 0. The van der Waals surface area contributed by atoms with Gasteiger partial charge in [-0.15, -0.1) is 0 Å². The van der Waals surface area contributed by atoms with Gasteiger partial charge in [0.1, 0.15) is 0 Å². The Morgan fingerprint density at radius 2 is 0.882 bits per heavy atom. The van der Waals surface area contributed by atoms with Gasteiger partial charge in [0.05, 0.1) is 50.8 Å². The molecule has 0 bridgehead atoms. The van der Waals surface area contributed by atoms with Gasteiger partial charge in [0, 0.05) is 26.4 Å². The predicted octanol–water partition coefficient (Wildman–Crippen LogP) is 4.45. The van der Waals surface area contributed by atoms with Gasteiger partial charge in [0.15, 0.2) is 0 Å². The SMILES string of the molecule is C.C.CCC1CO1.CCC1CO1.CCC1CO1.CCO.CCO.CCO.CCOCC(O)CC. The van der Waals surface area contributed by atoms with Crippen molar-refractivity contribution in [3.63, 3.8) is 0 Å². The van der Waals surface area contributed by atoms with E-state index in [1.807, 2.05) is 13.8 Å². The summed E-state index contributed by atoms with van der Waals surface area (Å²) in [6.45, 7) is 20.3. The normalized spacial score (nSPS) is 19.9. The molecular formula is C26H64O8. The first-order valence-electron chi connectivity index (χ1n) is 12.3. The Morgan fingerprint density at radius 3 is 0.971 bits per heavy atom. The zero-order valence-electron chi connectivity index (χ0n) is 22.2. The maximum absolute atomic E-state index is 8.86. The zero-order valence-corrected chi connectivity index (χ0v) is 22.2. The molecule has 0 aromatic heterocycles. The fraction of sp³-hybridized carbons (Fsp3) is 1.00. The summed E-state index contributed by atoms with van der Waals surface area (Å²) in [6.07, 6.45) is 6.00. The molecule has 8 heteroatoms. The molecule has 34 heavy (non-hydrogen) atoms. The van der Waals surface area contributed by atoms with Crippen LogP contribution in [-0.4, -0.2) is 97.7 Å². The lowest BCUT2D eigenvalue weighted by Crippen LogP contribution is -2.13. The number of aliphatic hydroxyl groups is 4. The van der Waals surface area contributed by atoms with Crippen LogP contribution in [0.5, 0.6) is 0 Å². The second-order valence-corrected chi connectivity index (χ2v) is 6.76. The van der Waals surface area contributed by atoms with E-state index in [4.69, 9.17) is 39.4 Å². The lowest BCUT2D eigenvalue weighted by molar-refractivity contribution is 0.0408. The highest BCUT2D eigenvalue weighted by atomic mass is 16.6.